The standard InChI is InChI=1S/C70H137NO8/c1-6-8-10-12-14-16-18-20-22-23-24-25-26-27-28-29-30-31-32-33-34-35-36-37-38-39-40-41-42-43-44-45-46-47-49-51-53-55-57-59-61-68(73)79-66(65-78-70(69(74)75)76-63-62-71(3,4)5)64-77-67(72)60-58-56-54-52-50-48-21-19-17-15-13-11-9-7-2/h66,70H,6-65H2,1-5H3. The van der Waals surface area contributed by atoms with Gasteiger partial charge in [0.15, 0.2) is 12.4 Å². The van der Waals surface area contributed by atoms with Gasteiger partial charge >= 0.3 is 11.9 Å². The van der Waals surface area contributed by atoms with Crippen molar-refractivity contribution < 1.29 is 42.9 Å². The first-order valence-electron chi connectivity index (χ1n) is 35.2. The van der Waals surface area contributed by atoms with Crippen molar-refractivity contribution in [1.82, 2.24) is 0 Å². The smallest absolute Gasteiger partial charge is 0.306 e. The second-order valence-electron chi connectivity index (χ2n) is 25.5. The van der Waals surface area contributed by atoms with Gasteiger partial charge in [-0.25, -0.2) is 0 Å². The number of esters is 2. The molecule has 0 saturated heterocycles. The Morgan fingerprint density at radius 2 is 0.570 bits per heavy atom. The third-order valence-electron chi connectivity index (χ3n) is 16.4. The Labute approximate surface area is 492 Å². The van der Waals surface area contributed by atoms with Crippen molar-refractivity contribution in [3.05, 3.63) is 0 Å². The minimum absolute atomic E-state index is 0.153. The maximum Gasteiger partial charge on any atom is 0.306 e. The van der Waals surface area contributed by atoms with E-state index >= 15 is 0 Å². The van der Waals surface area contributed by atoms with E-state index < -0.39 is 24.3 Å². The molecule has 0 aliphatic rings. The van der Waals surface area contributed by atoms with Crippen molar-refractivity contribution in [3.8, 4) is 0 Å². The number of ether oxygens (including phenoxy) is 4. The number of carboxylic acids is 1. The van der Waals surface area contributed by atoms with Crippen LogP contribution in [0.3, 0.4) is 0 Å². The van der Waals surface area contributed by atoms with Crippen LogP contribution in [0.5, 0.6) is 0 Å². The Kier molecular flexibility index (Phi) is 61.0. The van der Waals surface area contributed by atoms with Crippen LogP contribution >= 0.6 is 0 Å². The second-order valence-corrected chi connectivity index (χ2v) is 25.5. The molecule has 9 heteroatoms. The molecule has 0 saturated carbocycles. The van der Waals surface area contributed by atoms with Crippen molar-refractivity contribution in [3.63, 3.8) is 0 Å². The molecule has 0 amide bonds. The highest BCUT2D eigenvalue weighted by atomic mass is 16.7. The van der Waals surface area contributed by atoms with Crippen molar-refractivity contribution >= 4 is 17.9 Å². The fourth-order valence-electron chi connectivity index (χ4n) is 11.0. The predicted molar refractivity (Wildman–Crippen MR) is 334 cm³/mol. The number of quaternary nitrogens is 1. The average Bonchev–Trinajstić information content (AvgIpc) is 3.42. The Bertz CT molecular complexity index is 1260. The van der Waals surface area contributed by atoms with E-state index in [-0.39, 0.29) is 32.2 Å². The number of carboxylic acid groups (broad SMARTS) is 1. The van der Waals surface area contributed by atoms with E-state index in [1.165, 1.54) is 308 Å². The molecule has 0 aromatic carbocycles. The maximum atomic E-state index is 12.9. The van der Waals surface area contributed by atoms with Crippen LogP contribution in [-0.4, -0.2) is 82.3 Å². The van der Waals surface area contributed by atoms with E-state index in [4.69, 9.17) is 18.9 Å². The van der Waals surface area contributed by atoms with Gasteiger partial charge < -0.3 is 33.3 Å². The van der Waals surface area contributed by atoms with Gasteiger partial charge in [0, 0.05) is 12.8 Å². The van der Waals surface area contributed by atoms with Crippen molar-refractivity contribution in [2.75, 3.05) is 47.5 Å². The Morgan fingerprint density at radius 1 is 0.329 bits per heavy atom. The zero-order chi connectivity index (χ0) is 57.6. The number of rotatable bonds is 67. The summed E-state index contributed by atoms with van der Waals surface area (Å²) < 4.78 is 22.8. The summed E-state index contributed by atoms with van der Waals surface area (Å²) in [6.07, 6.45) is 70.8. The van der Waals surface area contributed by atoms with Crippen LogP contribution in [-0.2, 0) is 33.3 Å². The van der Waals surface area contributed by atoms with E-state index in [2.05, 4.69) is 13.8 Å². The molecule has 0 N–H and O–H groups in total. The molecule has 79 heavy (non-hydrogen) atoms. The van der Waals surface area contributed by atoms with Crippen molar-refractivity contribution in [2.24, 2.45) is 0 Å². The normalized spacial score (nSPS) is 12.6. The molecular weight excluding hydrogens is 983 g/mol. The first-order chi connectivity index (χ1) is 38.6. The van der Waals surface area contributed by atoms with Gasteiger partial charge in [-0.3, -0.25) is 9.59 Å². The number of carbonyl (C=O) groups excluding carboxylic acids is 3. The van der Waals surface area contributed by atoms with Crippen LogP contribution in [0.4, 0.5) is 0 Å². The zero-order valence-electron chi connectivity index (χ0n) is 53.8. The number of nitrogens with zero attached hydrogens (tertiary/aromatic N) is 1. The van der Waals surface area contributed by atoms with Crippen LogP contribution in [0.2, 0.25) is 0 Å². The zero-order valence-corrected chi connectivity index (χ0v) is 53.8. The molecule has 0 rings (SSSR count). The Morgan fingerprint density at radius 3 is 0.810 bits per heavy atom. The third kappa shape index (κ3) is 63.7. The molecule has 2 unspecified atom stereocenters. The van der Waals surface area contributed by atoms with Crippen LogP contribution in [0, 0.1) is 0 Å². The lowest BCUT2D eigenvalue weighted by atomic mass is 10.0. The first-order valence-corrected chi connectivity index (χ1v) is 35.2. The van der Waals surface area contributed by atoms with Gasteiger partial charge in [0.2, 0.25) is 0 Å². The molecule has 9 nitrogen and oxygen atoms in total. The summed E-state index contributed by atoms with van der Waals surface area (Å²) >= 11 is 0. The van der Waals surface area contributed by atoms with Crippen LogP contribution in [0.25, 0.3) is 0 Å². The highest BCUT2D eigenvalue weighted by molar-refractivity contribution is 5.70. The molecule has 470 valence electrons. The number of aliphatic carboxylic acids is 1. The number of likely N-dealkylation sites (N-methyl/N-ethyl adjacent to an activating group) is 1. The average molecular weight is 1120 g/mol. The van der Waals surface area contributed by atoms with Crippen LogP contribution in [0.15, 0.2) is 0 Å². The number of unbranched alkanes of at least 4 members (excludes halogenated alkanes) is 52. The van der Waals surface area contributed by atoms with Gasteiger partial charge in [-0.1, -0.05) is 348 Å². The highest BCUT2D eigenvalue weighted by Gasteiger charge is 2.22. The monoisotopic (exact) mass is 1120 g/mol. The Balaban J connectivity index is 3.86. The van der Waals surface area contributed by atoms with E-state index in [0.717, 1.165) is 38.5 Å². The molecule has 0 heterocycles. The minimum atomic E-state index is -1.61. The summed E-state index contributed by atoms with van der Waals surface area (Å²) in [7, 11) is 5.94. The third-order valence-corrected chi connectivity index (χ3v) is 16.4. The van der Waals surface area contributed by atoms with Crippen LogP contribution in [0.1, 0.15) is 373 Å². The largest absolute Gasteiger partial charge is 0.545 e. The quantitative estimate of drug-likeness (QED) is 0.0256. The van der Waals surface area contributed by atoms with E-state index in [1.807, 2.05) is 21.1 Å². The molecule has 0 aliphatic carbocycles. The van der Waals surface area contributed by atoms with E-state index in [1.54, 1.807) is 0 Å². The van der Waals surface area contributed by atoms with Crippen molar-refractivity contribution in [1.29, 1.82) is 0 Å². The molecule has 0 spiro atoms. The molecule has 0 radical (unpaired) electrons. The minimum Gasteiger partial charge on any atom is -0.545 e. The lowest BCUT2D eigenvalue weighted by Crippen LogP contribution is -2.44. The van der Waals surface area contributed by atoms with Crippen LogP contribution < -0.4 is 5.11 Å². The number of hydrogen-bond acceptors (Lipinski definition) is 8. The van der Waals surface area contributed by atoms with E-state index in [9.17, 15) is 19.5 Å². The maximum absolute atomic E-state index is 12.9. The summed E-state index contributed by atoms with van der Waals surface area (Å²) in [6.45, 7) is 4.82. The number of hydrogen-bond donors (Lipinski definition) is 0. The molecule has 0 fully saturated rings. The topological polar surface area (TPSA) is 111 Å². The first kappa shape index (κ1) is 77.3. The molecule has 2 atom stereocenters. The fourth-order valence-corrected chi connectivity index (χ4v) is 11.0. The molecular formula is C70H137NO8. The molecule has 0 aliphatic heterocycles. The summed E-state index contributed by atoms with van der Waals surface area (Å²) in [6, 6.07) is 0. The Hall–Kier alpha value is -1.71. The number of carbonyl (C=O) groups is 3. The van der Waals surface area contributed by atoms with Gasteiger partial charge in [-0.2, -0.15) is 0 Å². The SMILES string of the molecule is CCCCCCCCCCCCCCCCCCCCCCCCCCCCCCCCCCCCCCCCCCC(=O)OC(COC(=O)CCCCCCCCCCCCCCCC)COC(OCC[N+](C)(C)C)C(=O)[O-]. The van der Waals surface area contributed by atoms with Gasteiger partial charge in [-0.05, 0) is 12.8 Å². The summed E-state index contributed by atoms with van der Waals surface area (Å²) in [5.41, 5.74) is 0. The fraction of sp³-hybridized carbons (Fsp3) is 0.957. The van der Waals surface area contributed by atoms with Gasteiger partial charge in [0.05, 0.1) is 40.3 Å². The summed E-state index contributed by atoms with van der Waals surface area (Å²) in [4.78, 5) is 37.3. The van der Waals surface area contributed by atoms with Gasteiger partial charge in [0.1, 0.15) is 13.2 Å². The highest BCUT2D eigenvalue weighted by Crippen LogP contribution is 2.20. The van der Waals surface area contributed by atoms with Gasteiger partial charge in [-0.15, -0.1) is 0 Å². The predicted octanol–water partition coefficient (Wildman–Crippen LogP) is 20.1. The molecule has 0 aromatic heterocycles. The van der Waals surface area contributed by atoms with E-state index in [0.29, 0.717) is 17.4 Å². The second kappa shape index (κ2) is 62.3. The molecule has 0 aromatic rings. The summed E-state index contributed by atoms with van der Waals surface area (Å²) in [5, 5.41) is 11.8. The van der Waals surface area contributed by atoms with Crippen molar-refractivity contribution in [2.45, 2.75) is 386 Å². The lowest BCUT2D eigenvalue weighted by Gasteiger charge is -2.26. The lowest BCUT2D eigenvalue weighted by molar-refractivity contribution is -0.870. The van der Waals surface area contributed by atoms with Gasteiger partial charge in [0.25, 0.3) is 0 Å². The molecule has 0 bridgehead atoms. The summed E-state index contributed by atoms with van der Waals surface area (Å²) in [5.74, 6) is -2.25.